The molecule has 1 aliphatic rings. The van der Waals surface area contributed by atoms with Gasteiger partial charge in [-0.1, -0.05) is 86.4 Å². The normalized spacial score (nSPS) is 17.1. The lowest BCUT2D eigenvalue weighted by Gasteiger charge is -2.27. The Morgan fingerprint density at radius 1 is 1.00 bits per heavy atom. The van der Waals surface area contributed by atoms with Crippen molar-refractivity contribution in [3.05, 3.63) is 100 Å². The summed E-state index contributed by atoms with van der Waals surface area (Å²) in [5.41, 5.74) is 7.51. The number of hydrogen-bond acceptors (Lipinski definition) is 5. The molecule has 0 saturated heterocycles. The number of carbonyl (C=O) groups excluding carboxylic acids is 1. The molecule has 0 spiro atoms. The molecule has 0 saturated carbocycles. The molecule has 1 aliphatic heterocycles. The first kappa shape index (κ1) is 28.6. The van der Waals surface area contributed by atoms with Crippen LogP contribution in [-0.2, 0) is 14.8 Å². The van der Waals surface area contributed by atoms with Gasteiger partial charge >= 0.3 is 0 Å². The Balaban J connectivity index is 1.83. The lowest BCUT2D eigenvalue weighted by atomic mass is 9.87. The highest BCUT2D eigenvalue weighted by Crippen LogP contribution is 2.30. The highest BCUT2D eigenvalue weighted by atomic mass is 35.5. The van der Waals surface area contributed by atoms with E-state index in [9.17, 15) is 13.2 Å². The quantitative estimate of drug-likeness (QED) is 0.311. The summed E-state index contributed by atoms with van der Waals surface area (Å²) < 4.78 is 29.4. The Kier molecular flexibility index (Phi) is 8.34. The Hall–Kier alpha value is -3.40. The first-order valence-corrected chi connectivity index (χ1v) is 14.4. The fourth-order valence-electron chi connectivity index (χ4n) is 4.21. The average molecular weight is 587 g/mol. The number of guanidine groups is 1. The van der Waals surface area contributed by atoms with Crippen LogP contribution in [0.4, 0.5) is 0 Å². The standard InChI is InChI=1S/C28H29Cl2N5O3S/c1-28(2,3)25(26(31)36)32-27(34-39(37,38)22-15-13-21(30)14-16-22)35-17-23(18-7-5-4-6-8-18)24(33-35)19-9-11-20(29)12-10-19/h4-16,23,25H,17H2,1-3H3,(H2,31,36)(H,32,34)/t23?,25-/m1/s1. The van der Waals surface area contributed by atoms with E-state index in [1.54, 1.807) is 32.9 Å². The SMILES string of the molecule is CC(C)(C)[C@H](N=C(NS(=O)(=O)c1ccc(Cl)cc1)N1CC(c2ccccc2)C(c2ccc(Cl)cc2)=N1)C(N)=O. The minimum absolute atomic E-state index is 0.0216. The number of carbonyl (C=O) groups is 1. The van der Waals surface area contributed by atoms with Gasteiger partial charge in [-0.3, -0.25) is 4.79 Å². The van der Waals surface area contributed by atoms with Gasteiger partial charge in [0.15, 0.2) is 0 Å². The molecule has 1 amide bonds. The summed E-state index contributed by atoms with van der Waals surface area (Å²) in [5.74, 6) is -1.03. The van der Waals surface area contributed by atoms with Crippen LogP contribution in [0.3, 0.4) is 0 Å². The number of nitrogens with one attached hydrogen (secondary N) is 1. The van der Waals surface area contributed by atoms with Gasteiger partial charge in [0.05, 0.1) is 17.2 Å². The maximum absolute atomic E-state index is 13.4. The molecule has 39 heavy (non-hydrogen) atoms. The van der Waals surface area contributed by atoms with Crippen LogP contribution in [0.25, 0.3) is 0 Å². The lowest BCUT2D eigenvalue weighted by molar-refractivity contribution is -0.121. The molecule has 0 aliphatic carbocycles. The molecule has 1 unspecified atom stereocenters. The van der Waals surface area contributed by atoms with Crippen LogP contribution in [0.15, 0.2) is 93.9 Å². The molecular weight excluding hydrogens is 557 g/mol. The molecule has 2 atom stereocenters. The topological polar surface area (TPSA) is 117 Å². The van der Waals surface area contributed by atoms with Gasteiger partial charge in [-0.2, -0.15) is 5.10 Å². The summed E-state index contributed by atoms with van der Waals surface area (Å²) in [6.45, 7) is 5.67. The van der Waals surface area contributed by atoms with E-state index in [1.807, 2.05) is 42.5 Å². The number of nitrogens with two attached hydrogens (primary N) is 1. The predicted octanol–water partition coefficient (Wildman–Crippen LogP) is 5.03. The number of amides is 1. The van der Waals surface area contributed by atoms with E-state index in [4.69, 9.17) is 34.0 Å². The third-order valence-electron chi connectivity index (χ3n) is 6.19. The van der Waals surface area contributed by atoms with Crippen LogP contribution in [-0.4, -0.2) is 43.6 Å². The summed E-state index contributed by atoms with van der Waals surface area (Å²) in [7, 11) is -4.12. The van der Waals surface area contributed by atoms with Crippen molar-refractivity contribution in [2.24, 2.45) is 21.2 Å². The van der Waals surface area contributed by atoms with Crippen LogP contribution in [0.5, 0.6) is 0 Å². The van der Waals surface area contributed by atoms with E-state index >= 15 is 0 Å². The van der Waals surface area contributed by atoms with E-state index in [2.05, 4.69) is 9.71 Å². The van der Waals surface area contributed by atoms with E-state index in [-0.39, 0.29) is 23.3 Å². The van der Waals surface area contributed by atoms with Crippen LogP contribution >= 0.6 is 23.2 Å². The van der Waals surface area contributed by atoms with Gasteiger partial charge in [0.25, 0.3) is 10.0 Å². The second-order valence-electron chi connectivity index (χ2n) is 10.2. The zero-order valence-electron chi connectivity index (χ0n) is 21.7. The molecular formula is C28H29Cl2N5O3S. The molecule has 3 aromatic carbocycles. The third-order valence-corrected chi connectivity index (χ3v) is 8.04. The van der Waals surface area contributed by atoms with Crippen molar-refractivity contribution in [3.8, 4) is 0 Å². The van der Waals surface area contributed by atoms with Crippen molar-refractivity contribution in [1.82, 2.24) is 9.73 Å². The predicted molar refractivity (Wildman–Crippen MR) is 156 cm³/mol. The molecule has 204 valence electrons. The fraction of sp³-hybridized carbons (Fsp3) is 0.250. The van der Waals surface area contributed by atoms with Crippen molar-refractivity contribution in [3.63, 3.8) is 0 Å². The van der Waals surface area contributed by atoms with Crippen LogP contribution in [0.1, 0.15) is 37.8 Å². The monoisotopic (exact) mass is 585 g/mol. The number of sulfonamides is 1. The van der Waals surface area contributed by atoms with Gasteiger partial charge < -0.3 is 5.73 Å². The second-order valence-corrected chi connectivity index (χ2v) is 12.8. The first-order chi connectivity index (χ1) is 18.3. The maximum Gasteiger partial charge on any atom is 0.264 e. The van der Waals surface area contributed by atoms with Crippen LogP contribution in [0, 0.1) is 5.41 Å². The number of primary amides is 1. The van der Waals surface area contributed by atoms with Gasteiger partial charge in [0, 0.05) is 16.0 Å². The van der Waals surface area contributed by atoms with Crippen molar-refractivity contribution < 1.29 is 13.2 Å². The fourth-order valence-corrected chi connectivity index (χ4v) is 5.47. The molecule has 8 nitrogen and oxygen atoms in total. The van der Waals surface area contributed by atoms with Crippen LogP contribution in [0.2, 0.25) is 10.0 Å². The molecule has 1 heterocycles. The summed E-state index contributed by atoms with van der Waals surface area (Å²) in [4.78, 5) is 17.0. The Bertz CT molecular complexity index is 1500. The first-order valence-electron chi connectivity index (χ1n) is 12.2. The highest BCUT2D eigenvalue weighted by Gasteiger charge is 2.36. The Labute approximate surface area is 238 Å². The molecule has 3 aromatic rings. The molecule has 0 bridgehead atoms. The van der Waals surface area contributed by atoms with Crippen molar-refractivity contribution >= 4 is 50.8 Å². The Morgan fingerprint density at radius 2 is 1.56 bits per heavy atom. The minimum Gasteiger partial charge on any atom is -0.368 e. The molecule has 4 rings (SSSR count). The number of hydrazone groups is 1. The van der Waals surface area contributed by atoms with E-state index in [1.165, 1.54) is 29.3 Å². The van der Waals surface area contributed by atoms with Gasteiger partial charge in [0.2, 0.25) is 11.9 Å². The molecule has 0 radical (unpaired) electrons. The summed E-state index contributed by atoms with van der Waals surface area (Å²) in [6.07, 6.45) is 0. The second kappa shape index (κ2) is 11.4. The van der Waals surface area contributed by atoms with Crippen LogP contribution < -0.4 is 10.5 Å². The summed E-state index contributed by atoms with van der Waals surface area (Å²) in [5, 5.41) is 7.25. The number of benzene rings is 3. The van der Waals surface area contributed by atoms with Gasteiger partial charge in [-0.15, -0.1) is 0 Å². The number of aliphatic imine (C=N–C) groups is 1. The summed E-state index contributed by atoms with van der Waals surface area (Å²) in [6, 6.07) is 21.7. The zero-order chi connectivity index (χ0) is 28.4. The lowest BCUT2D eigenvalue weighted by Crippen LogP contribution is -2.46. The Morgan fingerprint density at radius 3 is 2.10 bits per heavy atom. The van der Waals surface area contributed by atoms with E-state index in [0.29, 0.717) is 15.8 Å². The van der Waals surface area contributed by atoms with Crippen molar-refractivity contribution in [2.75, 3.05) is 6.54 Å². The molecule has 0 fully saturated rings. The molecule has 11 heteroatoms. The third kappa shape index (κ3) is 6.79. The number of halogens is 2. The zero-order valence-corrected chi connectivity index (χ0v) is 24.0. The van der Waals surface area contributed by atoms with Crippen molar-refractivity contribution in [1.29, 1.82) is 0 Å². The van der Waals surface area contributed by atoms with Crippen molar-refractivity contribution in [2.45, 2.75) is 37.6 Å². The number of hydrogen-bond donors (Lipinski definition) is 2. The maximum atomic E-state index is 13.4. The average Bonchev–Trinajstić information content (AvgIpc) is 3.32. The number of rotatable bonds is 6. The molecule has 3 N–H and O–H groups in total. The minimum atomic E-state index is -4.12. The smallest absolute Gasteiger partial charge is 0.264 e. The van der Waals surface area contributed by atoms with E-state index < -0.39 is 27.4 Å². The van der Waals surface area contributed by atoms with Gasteiger partial charge in [-0.25, -0.2) is 23.1 Å². The molecule has 0 aromatic heterocycles. The van der Waals surface area contributed by atoms with Gasteiger partial charge in [0.1, 0.15) is 6.04 Å². The van der Waals surface area contributed by atoms with Gasteiger partial charge in [-0.05, 0) is 52.9 Å². The highest BCUT2D eigenvalue weighted by molar-refractivity contribution is 7.90. The summed E-state index contributed by atoms with van der Waals surface area (Å²) >= 11 is 12.1. The largest absolute Gasteiger partial charge is 0.368 e. The van der Waals surface area contributed by atoms with E-state index in [0.717, 1.165) is 11.1 Å². The number of nitrogens with zero attached hydrogens (tertiary/aromatic N) is 3.